The van der Waals surface area contributed by atoms with Gasteiger partial charge >= 0.3 is 0 Å². The van der Waals surface area contributed by atoms with E-state index in [1.807, 2.05) is 0 Å². The minimum Gasteiger partial charge on any atom is -0.487 e. The van der Waals surface area contributed by atoms with Gasteiger partial charge in [0.25, 0.3) is 5.91 Å². The van der Waals surface area contributed by atoms with Crippen LogP contribution in [0.1, 0.15) is 36.0 Å². The van der Waals surface area contributed by atoms with Crippen LogP contribution in [0.15, 0.2) is 47.1 Å². The molecule has 2 N–H and O–H groups in total. The zero-order chi connectivity index (χ0) is 20.5. The number of furan rings is 1. The van der Waals surface area contributed by atoms with Crippen LogP contribution in [0, 0.1) is 5.82 Å². The first-order valence-corrected chi connectivity index (χ1v) is 9.70. The van der Waals surface area contributed by atoms with Crippen molar-refractivity contribution in [1.29, 1.82) is 0 Å². The first-order valence-electron chi connectivity index (χ1n) is 9.70. The van der Waals surface area contributed by atoms with E-state index >= 15 is 0 Å². The Morgan fingerprint density at radius 2 is 2.07 bits per heavy atom. The number of ether oxygens (including phenoxy) is 1. The molecular formula is C21H18FN5O3. The predicted molar refractivity (Wildman–Crippen MR) is 107 cm³/mol. The van der Waals surface area contributed by atoms with Gasteiger partial charge in [0.1, 0.15) is 11.8 Å². The Balaban J connectivity index is 1.33. The summed E-state index contributed by atoms with van der Waals surface area (Å²) >= 11 is 0. The molecule has 2 aromatic carbocycles. The Bertz CT molecular complexity index is 1200. The molecule has 1 saturated carbocycles. The molecule has 0 atom stereocenters. The number of halogens is 1. The van der Waals surface area contributed by atoms with Gasteiger partial charge in [-0.05, 0) is 55.2 Å². The second-order valence-electron chi connectivity index (χ2n) is 7.22. The van der Waals surface area contributed by atoms with Crippen LogP contribution in [-0.4, -0.2) is 32.6 Å². The molecule has 9 heteroatoms. The molecule has 8 nitrogen and oxygen atoms in total. The Morgan fingerprint density at radius 1 is 1.20 bits per heavy atom. The van der Waals surface area contributed by atoms with Crippen molar-refractivity contribution >= 4 is 22.6 Å². The topological polar surface area (TPSA) is 106 Å². The fraction of sp³-hybridized carbons (Fsp3) is 0.238. The highest BCUT2D eigenvalue weighted by Crippen LogP contribution is 2.29. The van der Waals surface area contributed by atoms with Crippen LogP contribution in [-0.2, 0) is 0 Å². The van der Waals surface area contributed by atoms with Gasteiger partial charge in [-0.15, -0.1) is 10.2 Å². The number of tetrazole rings is 1. The van der Waals surface area contributed by atoms with E-state index < -0.39 is 11.7 Å². The standard InChI is InChI=1S/C21H18FN5O3/c22-17-10-13(6-8-18(17)30-14-3-1-2-4-14)23-21(28)16-11-29-19-9-12(5-7-15(16)19)20-24-26-27-25-20/h5-11,14H,1-4H2,(H,23,28)(H,24,25,26,27). The summed E-state index contributed by atoms with van der Waals surface area (Å²) in [6, 6.07) is 9.69. The second-order valence-corrected chi connectivity index (χ2v) is 7.22. The number of carbonyl (C=O) groups is 1. The van der Waals surface area contributed by atoms with Gasteiger partial charge in [0.05, 0.1) is 11.7 Å². The largest absolute Gasteiger partial charge is 0.487 e. The molecule has 0 aliphatic heterocycles. The first-order chi connectivity index (χ1) is 14.7. The fourth-order valence-electron chi connectivity index (χ4n) is 3.69. The number of amides is 1. The van der Waals surface area contributed by atoms with Crippen molar-refractivity contribution in [1.82, 2.24) is 20.6 Å². The Labute approximate surface area is 170 Å². The average molecular weight is 407 g/mol. The lowest BCUT2D eigenvalue weighted by Gasteiger charge is -2.14. The van der Waals surface area contributed by atoms with E-state index in [-0.39, 0.29) is 11.9 Å². The van der Waals surface area contributed by atoms with E-state index in [9.17, 15) is 9.18 Å². The summed E-state index contributed by atoms with van der Waals surface area (Å²) in [4.78, 5) is 12.7. The summed E-state index contributed by atoms with van der Waals surface area (Å²) in [5.41, 5.74) is 1.90. The normalized spacial score (nSPS) is 14.3. The third kappa shape index (κ3) is 3.49. The van der Waals surface area contributed by atoms with Crippen molar-refractivity contribution in [3.8, 4) is 17.1 Å². The average Bonchev–Trinajstić information content (AvgIpc) is 3.51. The number of aromatic amines is 1. The molecule has 2 heterocycles. The van der Waals surface area contributed by atoms with Gasteiger partial charge in [0.2, 0.25) is 5.82 Å². The highest BCUT2D eigenvalue weighted by Gasteiger charge is 2.19. The molecule has 1 fully saturated rings. The molecule has 2 aromatic heterocycles. The van der Waals surface area contributed by atoms with Crippen LogP contribution in [0.4, 0.5) is 10.1 Å². The summed E-state index contributed by atoms with van der Waals surface area (Å²) in [5.74, 6) is -0.260. The number of H-pyrrole nitrogens is 1. The molecule has 30 heavy (non-hydrogen) atoms. The molecule has 0 bridgehead atoms. The SMILES string of the molecule is O=C(Nc1ccc(OC2CCCC2)c(F)c1)c1coc2cc(-c3nn[nH]n3)ccc12. The molecule has 5 rings (SSSR count). The van der Waals surface area contributed by atoms with Gasteiger partial charge < -0.3 is 14.5 Å². The summed E-state index contributed by atoms with van der Waals surface area (Å²) < 4.78 is 25.7. The lowest BCUT2D eigenvalue weighted by atomic mass is 10.1. The number of nitrogens with one attached hydrogen (secondary N) is 2. The maximum absolute atomic E-state index is 14.4. The molecule has 0 radical (unpaired) electrons. The van der Waals surface area contributed by atoms with Crippen LogP contribution in [0.25, 0.3) is 22.4 Å². The number of carbonyl (C=O) groups excluding carboxylic acids is 1. The van der Waals surface area contributed by atoms with Crippen molar-refractivity contribution in [3.63, 3.8) is 0 Å². The summed E-state index contributed by atoms with van der Waals surface area (Å²) in [7, 11) is 0. The molecular weight excluding hydrogens is 389 g/mol. The van der Waals surface area contributed by atoms with E-state index in [1.165, 1.54) is 12.3 Å². The molecule has 0 saturated heterocycles. The van der Waals surface area contributed by atoms with Crippen molar-refractivity contribution < 1.29 is 18.3 Å². The van der Waals surface area contributed by atoms with E-state index in [0.29, 0.717) is 33.6 Å². The van der Waals surface area contributed by atoms with E-state index in [4.69, 9.17) is 9.15 Å². The molecule has 0 unspecified atom stereocenters. The molecule has 1 aliphatic carbocycles. The van der Waals surface area contributed by atoms with E-state index in [2.05, 4.69) is 25.9 Å². The lowest BCUT2D eigenvalue weighted by Crippen LogP contribution is -2.13. The maximum atomic E-state index is 14.4. The monoisotopic (exact) mass is 407 g/mol. The second kappa shape index (κ2) is 7.58. The zero-order valence-corrected chi connectivity index (χ0v) is 15.9. The molecule has 1 amide bonds. The van der Waals surface area contributed by atoms with Crippen LogP contribution >= 0.6 is 0 Å². The van der Waals surface area contributed by atoms with E-state index in [1.54, 1.807) is 30.3 Å². The number of rotatable bonds is 5. The van der Waals surface area contributed by atoms with Crippen molar-refractivity contribution in [2.45, 2.75) is 31.8 Å². The van der Waals surface area contributed by atoms with Gasteiger partial charge in [-0.25, -0.2) is 4.39 Å². The molecule has 1 aliphatic rings. The van der Waals surface area contributed by atoms with E-state index in [0.717, 1.165) is 25.7 Å². The van der Waals surface area contributed by atoms with Gasteiger partial charge in [-0.2, -0.15) is 5.21 Å². The number of benzene rings is 2. The highest BCUT2D eigenvalue weighted by atomic mass is 19.1. The summed E-state index contributed by atoms with van der Waals surface area (Å²) in [6.07, 6.45) is 5.54. The molecule has 4 aromatic rings. The molecule has 152 valence electrons. The number of fused-ring (bicyclic) bond motifs is 1. The lowest BCUT2D eigenvalue weighted by molar-refractivity contribution is 0.102. The highest BCUT2D eigenvalue weighted by molar-refractivity contribution is 6.12. The van der Waals surface area contributed by atoms with Crippen LogP contribution in [0.5, 0.6) is 5.75 Å². The van der Waals surface area contributed by atoms with Crippen molar-refractivity contribution in [3.05, 3.63) is 54.0 Å². The quantitative estimate of drug-likeness (QED) is 0.510. The summed E-state index contributed by atoms with van der Waals surface area (Å²) in [5, 5.41) is 17.1. The summed E-state index contributed by atoms with van der Waals surface area (Å²) in [6.45, 7) is 0. The Hall–Kier alpha value is -3.75. The van der Waals surface area contributed by atoms with Gasteiger partial charge in [0, 0.05) is 22.7 Å². The van der Waals surface area contributed by atoms with Crippen LogP contribution in [0.3, 0.4) is 0 Å². The minimum absolute atomic E-state index is 0.0644. The Kier molecular flexibility index (Phi) is 4.62. The first kappa shape index (κ1) is 18.3. The van der Waals surface area contributed by atoms with Crippen molar-refractivity contribution in [2.75, 3.05) is 5.32 Å². The van der Waals surface area contributed by atoms with Crippen LogP contribution in [0.2, 0.25) is 0 Å². The maximum Gasteiger partial charge on any atom is 0.259 e. The number of hydrogen-bond acceptors (Lipinski definition) is 6. The van der Waals surface area contributed by atoms with Gasteiger partial charge in [-0.3, -0.25) is 4.79 Å². The van der Waals surface area contributed by atoms with Crippen molar-refractivity contribution in [2.24, 2.45) is 0 Å². The number of nitrogens with zero attached hydrogens (tertiary/aromatic N) is 3. The van der Waals surface area contributed by atoms with Gasteiger partial charge in [0.15, 0.2) is 11.6 Å². The minimum atomic E-state index is -0.499. The zero-order valence-electron chi connectivity index (χ0n) is 15.9. The van der Waals surface area contributed by atoms with Gasteiger partial charge in [-0.1, -0.05) is 6.07 Å². The fourth-order valence-corrected chi connectivity index (χ4v) is 3.69. The molecule has 0 spiro atoms. The number of hydrogen-bond donors (Lipinski definition) is 2. The third-order valence-corrected chi connectivity index (χ3v) is 5.21. The Morgan fingerprint density at radius 3 is 2.83 bits per heavy atom. The number of aromatic nitrogens is 4. The smallest absolute Gasteiger partial charge is 0.259 e. The third-order valence-electron chi connectivity index (χ3n) is 5.21. The number of anilines is 1. The van der Waals surface area contributed by atoms with Crippen LogP contribution < -0.4 is 10.1 Å². The predicted octanol–water partition coefficient (Wildman–Crippen LogP) is 4.33.